The van der Waals surface area contributed by atoms with E-state index >= 15 is 0 Å². The second kappa shape index (κ2) is 8.84. The summed E-state index contributed by atoms with van der Waals surface area (Å²) in [5.41, 5.74) is 4.01. The van der Waals surface area contributed by atoms with E-state index in [0.717, 1.165) is 45.4 Å². The monoisotopic (exact) mass is 449 g/mol. The number of para-hydroxylation sites is 1. The van der Waals surface area contributed by atoms with Crippen molar-refractivity contribution in [3.63, 3.8) is 0 Å². The molecule has 162 valence electrons. The van der Waals surface area contributed by atoms with E-state index in [-0.39, 0.29) is 10.6 Å². The zero-order valence-corrected chi connectivity index (χ0v) is 18.3. The molecule has 0 radical (unpaired) electrons. The van der Waals surface area contributed by atoms with Crippen LogP contribution in [0.3, 0.4) is 0 Å². The van der Waals surface area contributed by atoms with Crippen LogP contribution in [-0.4, -0.2) is 33.1 Å². The minimum Gasteiger partial charge on any atom is -0.324 e. The molecule has 1 N–H and O–H groups in total. The smallest absolute Gasteiger partial charge is 0.294 e. The lowest BCUT2D eigenvalue weighted by Gasteiger charge is -2.12. The Balaban J connectivity index is 1.52. The zero-order chi connectivity index (χ0) is 22.8. The van der Waals surface area contributed by atoms with Gasteiger partial charge in [-0.1, -0.05) is 24.3 Å². The van der Waals surface area contributed by atoms with E-state index in [0.29, 0.717) is 0 Å². The molecule has 0 aliphatic carbocycles. The van der Waals surface area contributed by atoms with E-state index < -0.39 is 29.4 Å². The van der Waals surface area contributed by atoms with Gasteiger partial charge < -0.3 is 9.88 Å². The topological polar surface area (TPSA) is 71.4 Å². The second-order valence-corrected chi connectivity index (χ2v) is 8.32. The molecule has 1 aromatic heterocycles. The average molecular weight is 450 g/mol. The summed E-state index contributed by atoms with van der Waals surface area (Å²) >= 11 is 0.796. The van der Waals surface area contributed by atoms with Crippen molar-refractivity contribution in [1.82, 2.24) is 9.47 Å². The minimum absolute atomic E-state index is 0.252. The van der Waals surface area contributed by atoms with Gasteiger partial charge in [-0.05, 0) is 73.6 Å². The predicted molar refractivity (Wildman–Crippen MR) is 123 cm³/mol. The number of rotatable bonds is 5. The molecule has 1 fully saturated rings. The number of hydrogen-bond donors (Lipinski definition) is 1. The van der Waals surface area contributed by atoms with E-state index in [1.807, 2.05) is 50.2 Å². The number of halogens is 1. The van der Waals surface area contributed by atoms with Crippen LogP contribution in [0.2, 0.25) is 0 Å². The Morgan fingerprint density at radius 2 is 1.81 bits per heavy atom. The van der Waals surface area contributed by atoms with Crippen LogP contribution in [0, 0.1) is 19.7 Å². The number of nitrogens with zero attached hydrogens (tertiary/aromatic N) is 2. The van der Waals surface area contributed by atoms with E-state index in [1.165, 1.54) is 18.2 Å². The van der Waals surface area contributed by atoms with E-state index in [9.17, 15) is 18.8 Å². The molecule has 32 heavy (non-hydrogen) atoms. The van der Waals surface area contributed by atoms with Gasteiger partial charge in [0.2, 0.25) is 5.91 Å². The molecule has 0 atom stereocenters. The SMILES string of the molecule is Cc1cc(/C=C2\SC(=O)N(CC(=O)Nc3cccc(F)c3)C2=O)c(C)n1-c1ccccc1. The van der Waals surface area contributed by atoms with Gasteiger partial charge in [-0.3, -0.25) is 19.3 Å². The normalized spacial score (nSPS) is 15.0. The molecule has 2 heterocycles. The first-order valence-electron chi connectivity index (χ1n) is 9.88. The number of carbonyl (C=O) groups excluding carboxylic acids is 3. The number of carbonyl (C=O) groups is 3. The van der Waals surface area contributed by atoms with E-state index in [4.69, 9.17) is 0 Å². The largest absolute Gasteiger partial charge is 0.324 e. The fraction of sp³-hybridized carbons (Fsp3) is 0.125. The number of hydrogen-bond acceptors (Lipinski definition) is 4. The van der Waals surface area contributed by atoms with Gasteiger partial charge in [0.05, 0.1) is 4.91 Å². The summed E-state index contributed by atoms with van der Waals surface area (Å²) in [7, 11) is 0. The van der Waals surface area contributed by atoms with Crippen molar-refractivity contribution in [2.45, 2.75) is 13.8 Å². The van der Waals surface area contributed by atoms with Crippen molar-refractivity contribution < 1.29 is 18.8 Å². The number of imide groups is 1. The number of aryl methyl sites for hydroxylation is 1. The third kappa shape index (κ3) is 4.36. The number of aromatic nitrogens is 1. The first kappa shape index (κ1) is 21.6. The Hall–Kier alpha value is -3.65. The number of nitrogens with one attached hydrogen (secondary N) is 1. The van der Waals surface area contributed by atoms with Crippen molar-refractivity contribution in [3.05, 3.63) is 88.3 Å². The Morgan fingerprint density at radius 3 is 2.53 bits per heavy atom. The van der Waals surface area contributed by atoms with E-state index in [1.54, 1.807) is 6.08 Å². The number of benzene rings is 2. The van der Waals surface area contributed by atoms with Gasteiger partial charge in [-0.15, -0.1) is 0 Å². The van der Waals surface area contributed by atoms with Crippen molar-refractivity contribution in [2.75, 3.05) is 11.9 Å². The first-order valence-corrected chi connectivity index (χ1v) is 10.7. The number of thioether (sulfide) groups is 1. The van der Waals surface area contributed by atoms with Crippen LogP contribution in [0.4, 0.5) is 14.9 Å². The molecule has 1 aliphatic rings. The van der Waals surface area contributed by atoms with Crippen LogP contribution >= 0.6 is 11.8 Å². The number of anilines is 1. The molecule has 0 bridgehead atoms. The summed E-state index contributed by atoms with van der Waals surface area (Å²) in [6, 6.07) is 17.2. The molecule has 1 aliphatic heterocycles. The van der Waals surface area contributed by atoms with E-state index in [2.05, 4.69) is 9.88 Å². The lowest BCUT2D eigenvalue weighted by Crippen LogP contribution is -2.36. The molecular formula is C24H20FN3O3S. The highest BCUT2D eigenvalue weighted by atomic mass is 32.2. The van der Waals surface area contributed by atoms with Crippen LogP contribution < -0.4 is 5.32 Å². The molecule has 0 unspecified atom stereocenters. The molecule has 4 rings (SSSR count). The molecule has 6 nitrogen and oxygen atoms in total. The van der Waals surface area contributed by atoms with Crippen molar-refractivity contribution in [1.29, 1.82) is 0 Å². The molecule has 2 aromatic carbocycles. The summed E-state index contributed by atoms with van der Waals surface area (Å²) in [5.74, 6) is -1.61. The minimum atomic E-state index is -0.582. The van der Waals surface area contributed by atoms with Crippen molar-refractivity contribution >= 4 is 40.6 Å². The molecule has 8 heteroatoms. The van der Waals surface area contributed by atoms with Gasteiger partial charge in [0.15, 0.2) is 0 Å². The highest BCUT2D eigenvalue weighted by Gasteiger charge is 2.36. The summed E-state index contributed by atoms with van der Waals surface area (Å²) in [4.78, 5) is 38.6. The van der Waals surface area contributed by atoms with Crippen molar-refractivity contribution in [2.24, 2.45) is 0 Å². The average Bonchev–Trinajstić information content (AvgIpc) is 3.18. The highest BCUT2D eigenvalue weighted by Crippen LogP contribution is 2.33. The van der Waals surface area contributed by atoms with Gasteiger partial charge in [-0.25, -0.2) is 4.39 Å². The highest BCUT2D eigenvalue weighted by molar-refractivity contribution is 8.18. The molecule has 1 saturated heterocycles. The molecule has 0 spiro atoms. The fourth-order valence-electron chi connectivity index (χ4n) is 3.60. The maximum Gasteiger partial charge on any atom is 0.294 e. The summed E-state index contributed by atoms with van der Waals surface area (Å²) in [5, 5.41) is 1.98. The van der Waals surface area contributed by atoms with Gasteiger partial charge in [0.1, 0.15) is 12.4 Å². The second-order valence-electron chi connectivity index (χ2n) is 7.32. The van der Waals surface area contributed by atoms with Crippen LogP contribution in [0.15, 0.2) is 65.6 Å². The van der Waals surface area contributed by atoms with Gasteiger partial charge >= 0.3 is 0 Å². The van der Waals surface area contributed by atoms with Crippen LogP contribution in [-0.2, 0) is 9.59 Å². The van der Waals surface area contributed by atoms with Crippen LogP contribution in [0.1, 0.15) is 17.0 Å². The van der Waals surface area contributed by atoms with Crippen LogP contribution in [0.5, 0.6) is 0 Å². The predicted octanol–water partition coefficient (Wildman–Crippen LogP) is 4.91. The van der Waals surface area contributed by atoms with Crippen LogP contribution in [0.25, 0.3) is 11.8 Å². The Labute approximate surface area is 188 Å². The lowest BCUT2D eigenvalue weighted by atomic mass is 10.2. The van der Waals surface area contributed by atoms with Gasteiger partial charge in [0.25, 0.3) is 11.1 Å². The Kier molecular flexibility index (Phi) is 5.96. The third-order valence-corrected chi connectivity index (χ3v) is 5.96. The Morgan fingerprint density at radius 1 is 1.06 bits per heavy atom. The molecule has 3 amide bonds. The zero-order valence-electron chi connectivity index (χ0n) is 17.5. The number of amides is 3. The van der Waals surface area contributed by atoms with Crippen molar-refractivity contribution in [3.8, 4) is 5.69 Å². The molecule has 0 saturated carbocycles. The van der Waals surface area contributed by atoms with Gasteiger partial charge in [-0.2, -0.15) is 0 Å². The summed E-state index contributed by atoms with van der Waals surface area (Å²) < 4.78 is 15.4. The summed E-state index contributed by atoms with van der Waals surface area (Å²) in [6.07, 6.45) is 1.68. The molecule has 3 aromatic rings. The Bertz CT molecular complexity index is 1250. The fourth-order valence-corrected chi connectivity index (χ4v) is 4.43. The first-order chi connectivity index (χ1) is 15.3. The summed E-state index contributed by atoms with van der Waals surface area (Å²) in [6.45, 7) is 3.48. The third-order valence-electron chi connectivity index (χ3n) is 5.05. The standard InChI is InChI=1S/C24H20FN3O3S/c1-15-11-17(16(2)28(15)20-9-4-3-5-10-20)12-21-23(30)27(24(31)32-21)14-22(29)26-19-8-6-7-18(25)13-19/h3-13H,14H2,1-2H3,(H,26,29)/b21-12-. The van der Waals surface area contributed by atoms with Gasteiger partial charge in [0, 0.05) is 22.8 Å². The molecular weight excluding hydrogens is 429 g/mol. The lowest BCUT2D eigenvalue weighted by molar-refractivity contribution is -0.127. The quantitative estimate of drug-likeness (QED) is 0.562. The maximum atomic E-state index is 13.3. The maximum absolute atomic E-state index is 13.3.